The van der Waals surface area contributed by atoms with E-state index in [1.54, 1.807) is 6.92 Å². The zero-order chi connectivity index (χ0) is 13.2. The second-order valence-corrected chi connectivity index (χ2v) is 3.97. The van der Waals surface area contributed by atoms with Crippen LogP contribution in [0.15, 0.2) is 12.1 Å². The molecule has 1 amide bonds. The largest absolute Gasteiger partial charge is 0.320 e. The number of hydrogen-bond donors (Lipinski definition) is 2. The van der Waals surface area contributed by atoms with Gasteiger partial charge in [-0.1, -0.05) is 6.92 Å². The number of nitrogens with one attached hydrogen (secondary N) is 1. The van der Waals surface area contributed by atoms with Crippen molar-refractivity contribution in [3.8, 4) is 0 Å². The number of rotatable bonds is 3. The molecule has 0 saturated carbocycles. The van der Waals surface area contributed by atoms with Crippen LogP contribution in [0.1, 0.15) is 20.3 Å². The van der Waals surface area contributed by atoms with E-state index in [9.17, 15) is 18.0 Å². The molecule has 0 bridgehead atoms. The molecule has 3 N–H and O–H groups in total. The van der Waals surface area contributed by atoms with Gasteiger partial charge in [0.25, 0.3) is 0 Å². The van der Waals surface area contributed by atoms with Gasteiger partial charge in [-0.05, 0) is 13.3 Å². The molecule has 0 aromatic heterocycles. The molecule has 1 rings (SSSR count). The molecule has 0 aliphatic rings. The first-order valence-corrected chi connectivity index (χ1v) is 5.03. The maximum Gasteiger partial charge on any atom is 0.244 e. The lowest BCUT2D eigenvalue weighted by molar-refractivity contribution is -0.120. The quantitative estimate of drug-likeness (QED) is 0.858. The predicted molar refractivity (Wildman–Crippen MR) is 57.8 cm³/mol. The highest BCUT2D eigenvalue weighted by atomic mass is 19.1. The van der Waals surface area contributed by atoms with E-state index >= 15 is 0 Å². The Hall–Kier alpha value is -1.56. The highest BCUT2D eigenvalue weighted by molar-refractivity contribution is 5.97. The Balaban J connectivity index is 3.01. The molecular formula is C11H13F3N2O. The summed E-state index contributed by atoms with van der Waals surface area (Å²) in [6.45, 7) is 3.10. The summed E-state index contributed by atoms with van der Waals surface area (Å²) in [5, 5.41) is 2.02. The molecule has 94 valence electrons. The van der Waals surface area contributed by atoms with Crippen LogP contribution in [0.25, 0.3) is 0 Å². The summed E-state index contributed by atoms with van der Waals surface area (Å²) in [6.07, 6.45) is 0.295. The van der Waals surface area contributed by atoms with Gasteiger partial charge in [0.2, 0.25) is 5.91 Å². The van der Waals surface area contributed by atoms with Crippen molar-refractivity contribution in [2.45, 2.75) is 25.8 Å². The zero-order valence-electron chi connectivity index (χ0n) is 9.48. The number of nitrogens with two attached hydrogens (primary N) is 1. The van der Waals surface area contributed by atoms with Gasteiger partial charge >= 0.3 is 0 Å². The molecule has 1 atom stereocenters. The van der Waals surface area contributed by atoms with Crippen LogP contribution in [0, 0.1) is 17.5 Å². The monoisotopic (exact) mass is 246 g/mol. The van der Waals surface area contributed by atoms with Crippen molar-refractivity contribution in [1.82, 2.24) is 0 Å². The lowest BCUT2D eigenvalue weighted by atomic mass is 9.99. The van der Waals surface area contributed by atoms with Gasteiger partial charge in [-0.2, -0.15) is 0 Å². The van der Waals surface area contributed by atoms with E-state index in [0.29, 0.717) is 18.6 Å². The molecule has 1 aromatic rings. The SMILES string of the molecule is CCC(C)(N)C(=O)Nc1c(F)cc(F)cc1F. The molecule has 0 radical (unpaired) electrons. The molecule has 1 aromatic carbocycles. The minimum atomic E-state index is -1.24. The van der Waals surface area contributed by atoms with Crippen LogP contribution in [0.2, 0.25) is 0 Å². The van der Waals surface area contributed by atoms with Crippen LogP contribution < -0.4 is 11.1 Å². The summed E-state index contributed by atoms with van der Waals surface area (Å²) in [5.41, 5.74) is 3.67. The molecule has 17 heavy (non-hydrogen) atoms. The Morgan fingerprint density at radius 1 is 1.35 bits per heavy atom. The van der Waals surface area contributed by atoms with Gasteiger partial charge in [0.05, 0.1) is 5.54 Å². The third-order valence-corrected chi connectivity index (χ3v) is 2.50. The summed E-state index contributed by atoms with van der Waals surface area (Å²) < 4.78 is 39.1. The zero-order valence-corrected chi connectivity index (χ0v) is 9.48. The standard InChI is InChI=1S/C11H13F3N2O/c1-3-11(2,15)10(17)16-9-7(13)4-6(12)5-8(9)14/h4-5H,3,15H2,1-2H3,(H,16,17). The molecule has 0 heterocycles. The normalized spacial score (nSPS) is 14.2. The molecule has 0 spiro atoms. The molecule has 3 nitrogen and oxygen atoms in total. The van der Waals surface area contributed by atoms with E-state index in [2.05, 4.69) is 0 Å². The number of anilines is 1. The average Bonchev–Trinajstić information content (AvgIpc) is 2.22. The van der Waals surface area contributed by atoms with Gasteiger partial charge in [0.15, 0.2) is 11.6 Å². The van der Waals surface area contributed by atoms with Crippen molar-refractivity contribution in [3.05, 3.63) is 29.6 Å². The summed E-state index contributed by atoms with van der Waals surface area (Å²) in [7, 11) is 0. The molecule has 0 aliphatic heterocycles. The highest BCUT2D eigenvalue weighted by Gasteiger charge is 2.27. The van der Waals surface area contributed by atoms with Crippen LogP contribution in [0.4, 0.5) is 18.9 Å². The van der Waals surface area contributed by atoms with Gasteiger partial charge in [-0.25, -0.2) is 13.2 Å². The first-order chi connectivity index (χ1) is 7.77. The molecule has 1 unspecified atom stereocenters. The van der Waals surface area contributed by atoms with E-state index in [-0.39, 0.29) is 0 Å². The summed E-state index contributed by atoms with van der Waals surface area (Å²) >= 11 is 0. The smallest absolute Gasteiger partial charge is 0.244 e. The topological polar surface area (TPSA) is 55.1 Å². The van der Waals surface area contributed by atoms with Crippen molar-refractivity contribution in [1.29, 1.82) is 0 Å². The second kappa shape index (κ2) is 4.75. The van der Waals surface area contributed by atoms with E-state index in [1.807, 2.05) is 5.32 Å². The summed E-state index contributed by atoms with van der Waals surface area (Å²) in [5.74, 6) is -4.14. The van der Waals surface area contributed by atoms with Gasteiger partial charge < -0.3 is 11.1 Å². The van der Waals surface area contributed by atoms with Gasteiger partial charge in [0.1, 0.15) is 11.5 Å². The Bertz CT molecular complexity index is 423. The van der Waals surface area contributed by atoms with Crippen molar-refractivity contribution >= 4 is 11.6 Å². The highest BCUT2D eigenvalue weighted by Crippen LogP contribution is 2.21. The van der Waals surface area contributed by atoms with Crippen LogP contribution in [-0.4, -0.2) is 11.4 Å². The van der Waals surface area contributed by atoms with E-state index in [4.69, 9.17) is 5.73 Å². The number of halogens is 3. The Labute approximate surface area is 96.8 Å². The Kier molecular flexibility index (Phi) is 3.77. The number of carbonyl (C=O) groups excluding carboxylic acids is 1. The maximum absolute atomic E-state index is 13.2. The lowest BCUT2D eigenvalue weighted by Crippen LogP contribution is -2.48. The van der Waals surface area contributed by atoms with Gasteiger partial charge in [-0.3, -0.25) is 4.79 Å². The second-order valence-electron chi connectivity index (χ2n) is 3.97. The van der Waals surface area contributed by atoms with Crippen LogP contribution in [0.5, 0.6) is 0 Å². The van der Waals surface area contributed by atoms with Gasteiger partial charge in [-0.15, -0.1) is 0 Å². The lowest BCUT2D eigenvalue weighted by Gasteiger charge is -2.21. The van der Waals surface area contributed by atoms with Crippen LogP contribution in [-0.2, 0) is 4.79 Å². The molecule has 0 saturated heterocycles. The summed E-state index contributed by atoms with van der Waals surface area (Å²) in [6, 6.07) is 0.969. The number of amides is 1. The minimum absolute atomic E-state index is 0.295. The predicted octanol–water partition coefficient (Wildman–Crippen LogP) is 2.17. The number of hydrogen-bond acceptors (Lipinski definition) is 2. The van der Waals surface area contributed by atoms with E-state index in [1.165, 1.54) is 6.92 Å². The first kappa shape index (κ1) is 13.5. The third-order valence-electron chi connectivity index (χ3n) is 2.50. The average molecular weight is 246 g/mol. The van der Waals surface area contributed by atoms with Gasteiger partial charge in [0, 0.05) is 12.1 Å². The third kappa shape index (κ3) is 2.97. The molecule has 0 aliphatic carbocycles. The van der Waals surface area contributed by atoms with E-state index in [0.717, 1.165) is 0 Å². The van der Waals surface area contributed by atoms with Crippen molar-refractivity contribution in [2.24, 2.45) is 5.73 Å². The fourth-order valence-corrected chi connectivity index (χ4v) is 1.08. The fraction of sp³-hybridized carbons (Fsp3) is 0.364. The number of carbonyl (C=O) groups is 1. The van der Waals surface area contributed by atoms with Crippen molar-refractivity contribution in [2.75, 3.05) is 5.32 Å². The Morgan fingerprint density at radius 2 is 1.82 bits per heavy atom. The van der Waals surface area contributed by atoms with Crippen LogP contribution >= 0.6 is 0 Å². The minimum Gasteiger partial charge on any atom is -0.320 e. The molecular weight excluding hydrogens is 233 g/mol. The summed E-state index contributed by atoms with van der Waals surface area (Å²) in [4.78, 5) is 11.6. The first-order valence-electron chi connectivity index (χ1n) is 5.03. The fourth-order valence-electron chi connectivity index (χ4n) is 1.08. The Morgan fingerprint density at radius 3 is 2.24 bits per heavy atom. The maximum atomic E-state index is 13.2. The number of benzene rings is 1. The van der Waals surface area contributed by atoms with Crippen molar-refractivity contribution in [3.63, 3.8) is 0 Å². The van der Waals surface area contributed by atoms with Crippen molar-refractivity contribution < 1.29 is 18.0 Å². The molecule has 0 fully saturated rings. The van der Waals surface area contributed by atoms with E-state index < -0.39 is 34.6 Å². The molecule has 6 heteroatoms. The van der Waals surface area contributed by atoms with Crippen LogP contribution in [0.3, 0.4) is 0 Å².